The van der Waals surface area contributed by atoms with Crippen LogP contribution in [0.1, 0.15) is 16.1 Å². The number of amides is 1. The molecule has 2 fully saturated rings. The summed E-state index contributed by atoms with van der Waals surface area (Å²) >= 11 is 1.31. The topological polar surface area (TPSA) is 89.0 Å². The van der Waals surface area contributed by atoms with Crippen molar-refractivity contribution in [3.8, 4) is 16.3 Å². The minimum absolute atomic E-state index is 0.165. The second-order valence-corrected chi connectivity index (χ2v) is 7.96. The molecule has 0 bridgehead atoms. The first-order valence-corrected chi connectivity index (χ1v) is 9.56. The molecule has 4 rings (SSSR count). The van der Waals surface area contributed by atoms with E-state index in [2.05, 4.69) is 4.98 Å². The van der Waals surface area contributed by atoms with E-state index in [0.29, 0.717) is 31.1 Å². The Labute approximate surface area is 160 Å². The van der Waals surface area contributed by atoms with Crippen molar-refractivity contribution in [2.45, 2.75) is 6.42 Å². The molecule has 3 heterocycles. The zero-order valence-corrected chi connectivity index (χ0v) is 15.7. The quantitative estimate of drug-likeness (QED) is 0.865. The van der Waals surface area contributed by atoms with Crippen molar-refractivity contribution in [2.24, 2.45) is 11.3 Å². The largest absolute Gasteiger partial charge is 0.497 e. The molecule has 0 unspecified atom stereocenters. The van der Waals surface area contributed by atoms with Crippen LogP contribution in [0.2, 0.25) is 0 Å². The second-order valence-electron chi connectivity index (χ2n) is 6.93. The Kier molecular flexibility index (Phi) is 4.61. The Bertz CT molecular complexity index is 865. The molecule has 0 aliphatic carbocycles. The maximum absolute atomic E-state index is 12.9. The van der Waals surface area contributed by atoms with Gasteiger partial charge in [0, 0.05) is 31.2 Å². The Morgan fingerprint density at radius 1 is 1.37 bits per heavy atom. The lowest BCUT2D eigenvalue weighted by atomic mass is 9.74. The van der Waals surface area contributed by atoms with Crippen molar-refractivity contribution in [1.29, 1.82) is 0 Å². The number of rotatable bonds is 4. The molecular formula is C19H20N2O5S. The number of carboxylic acids is 1. The normalized spacial score (nSPS) is 24.5. The molecule has 0 radical (unpaired) electrons. The van der Waals surface area contributed by atoms with Crippen molar-refractivity contribution in [1.82, 2.24) is 9.88 Å². The predicted octanol–water partition coefficient (Wildman–Crippen LogP) is 2.38. The van der Waals surface area contributed by atoms with E-state index in [1.54, 1.807) is 18.2 Å². The second kappa shape index (κ2) is 6.94. The van der Waals surface area contributed by atoms with Gasteiger partial charge in [-0.05, 0) is 30.7 Å². The number of hydrogen-bond donors (Lipinski definition) is 1. The lowest BCUT2D eigenvalue weighted by molar-refractivity contribution is -0.157. The number of aliphatic carboxylic acids is 1. The number of ether oxygens (including phenoxy) is 2. The standard InChI is InChI=1S/C19H20N2O5S/c1-25-14-4-2-12(3-5-14)16-20-8-15(27-16)17(22)21-9-13-10-26-7-6-19(13,11-21)18(23)24/h2-5,8,13H,6-7,9-11H2,1H3,(H,23,24)/t13-,19+/m0/s1. The van der Waals surface area contributed by atoms with Crippen LogP contribution in [0.3, 0.4) is 0 Å². The molecule has 1 aromatic carbocycles. The third-order valence-corrected chi connectivity index (χ3v) is 6.51. The van der Waals surface area contributed by atoms with Crippen LogP contribution in [0.4, 0.5) is 0 Å². The van der Waals surface area contributed by atoms with Gasteiger partial charge in [0.1, 0.15) is 15.6 Å². The number of nitrogens with zero attached hydrogens (tertiary/aromatic N) is 2. The monoisotopic (exact) mass is 388 g/mol. The van der Waals surface area contributed by atoms with Crippen LogP contribution in [-0.2, 0) is 9.53 Å². The maximum Gasteiger partial charge on any atom is 0.311 e. The highest BCUT2D eigenvalue weighted by atomic mass is 32.1. The minimum atomic E-state index is -0.891. The highest BCUT2D eigenvalue weighted by Crippen LogP contribution is 2.43. The summed E-state index contributed by atoms with van der Waals surface area (Å²) in [6.45, 7) is 1.44. The molecule has 142 valence electrons. The SMILES string of the molecule is COc1ccc(-c2ncc(C(=O)N3C[C@H]4COCC[C@@]4(C(=O)O)C3)s2)cc1. The minimum Gasteiger partial charge on any atom is -0.497 e. The van der Waals surface area contributed by atoms with E-state index in [0.717, 1.165) is 16.3 Å². The molecule has 8 heteroatoms. The highest BCUT2D eigenvalue weighted by molar-refractivity contribution is 7.16. The molecule has 27 heavy (non-hydrogen) atoms. The molecule has 7 nitrogen and oxygen atoms in total. The molecule has 1 amide bonds. The van der Waals surface area contributed by atoms with Gasteiger partial charge in [0.15, 0.2) is 0 Å². The summed E-state index contributed by atoms with van der Waals surface area (Å²) in [6.07, 6.45) is 2.01. The average Bonchev–Trinajstić information content (AvgIpc) is 3.33. The van der Waals surface area contributed by atoms with E-state index in [9.17, 15) is 14.7 Å². The van der Waals surface area contributed by atoms with Crippen molar-refractivity contribution in [3.05, 3.63) is 35.3 Å². The van der Waals surface area contributed by atoms with Crippen LogP contribution in [0, 0.1) is 11.3 Å². The molecular weight excluding hydrogens is 368 g/mol. The Hall–Kier alpha value is -2.45. The molecule has 1 N–H and O–H groups in total. The summed E-state index contributed by atoms with van der Waals surface area (Å²) in [5, 5.41) is 10.5. The molecule has 0 spiro atoms. The number of carbonyl (C=O) groups excluding carboxylic acids is 1. The molecule has 2 saturated heterocycles. The Balaban J connectivity index is 1.53. The Morgan fingerprint density at radius 3 is 2.81 bits per heavy atom. The molecule has 2 aliphatic rings. The molecule has 2 atom stereocenters. The van der Waals surface area contributed by atoms with Crippen LogP contribution < -0.4 is 4.74 Å². The van der Waals surface area contributed by atoms with Gasteiger partial charge in [-0.25, -0.2) is 4.98 Å². The number of carboxylic acid groups (broad SMARTS) is 1. The van der Waals surface area contributed by atoms with Crippen LogP contribution in [-0.4, -0.2) is 60.3 Å². The number of carbonyl (C=O) groups is 2. The summed E-state index contributed by atoms with van der Waals surface area (Å²) in [6, 6.07) is 7.49. The van der Waals surface area contributed by atoms with Crippen LogP contribution in [0.5, 0.6) is 5.75 Å². The fourth-order valence-corrected chi connectivity index (χ4v) is 4.74. The summed E-state index contributed by atoms with van der Waals surface area (Å²) in [5.41, 5.74) is 0.0163. The lowest BCUT2D eigenvalue weighted by Crippen LogP contribution is -2.45. The fourth-order valence-electron chi connectivity index (χ4n) is 3.85. The number of benzene rings is 1. The van der Waals surface area contributed by atoms with Gasteiger partial charge in [-0.15, -0.1) is 11.3 Å². The lowest BCUT2D eigenvalue weighted by Gasteiger charge is -2.33. The number of thiazole rings is 1. The van der Waals surface area contributed by atoms with Gasteiger partial charge >= 0.3 is 5.97 Å². The smallest absolute Gasteiger partial charge is 0.311 e. The molecule has 2 aromatic rings. The third-order valence-electron chi connectivity index (χ3n) is 5.47. The zero-order chi connectivity index (χ0) is 19.0. The van der Waals surface area contributed by atoms with Gasteiger partial charge < -0.3 is 19.5 Å². The summed E-state index contributed by atoms with van der Waals surface area (Å²) < 4.78 is 10.6. The van der Waals surface area contributed by atoms with E-state index in [1.165, 1.54) is 11.3 Å². The van der Waals surface area contributed by atoms with E-state index >= 15 is 0 Å². The molecule has 1 aromatic heterocycles. The number of aromatic nitrogens is 1. The van der Waals surface area contributed by atoms with E-state index in [1.807, 2.05) is 24.3 Å². The van der Waals surface area contributed by atoms with Crippen molar-refractivity contribution < 1.29 is 24.2 Å². The highest BCUT2D eigenvalue weighted by Gasteiger charge is 2.55. The van der Waals surface area contributed by atoms with Gasteiger partial charge in [0.05, 0.1) is 25.3 Å². The van der Waals surface area contributed by atoms with Gasteiger partial charge in [-0.3, -0.25) is 9.59 Å². The number of fused-ring (bicyclic) bond motifs is 1. The molecule has 0 saturated carbocycles. The van der Waals surface area contributed by atoms with Gasteiger partial charge in [0.25, 0.3) is 5.91 Å². The molecule has 2 aliphatic heterocycles. The van der Waals surface area contributed by atoms with Gasteiger partial charge in [0.2, 0.25) is 0 Å². The van der Waals surface area contributed by atoms with Crippen molar-refractivity contribution in [2.75, 3.05) is 33.4 Å². The summed E-state index contributed by atoms with van der Waals surface area (Å²) in [4.78, 5) is 31.4. The van der Waals surface area contributed by atoms with Crippen LogP contribution in [0.15, 0.2) is 30.5 Å². The maximum atomic E-state index is 12.9. The van der Waals surface area contributed by atoms with E-state index < -0.39 is 11.4 Å². The number of hydrogen-bond acceptors (Lipinski definition) is 6. The van der Waals surface area contributed by atoms with Crippen LogP contribution >= 0.6 is 11.3 Å². The first kappa shape index (κ1) is 17.9. The summed E-state index contributed by atoms with van der Waals surface area (Å²) in [7, 11) is 1.61. The average molecular weight is 388 g/mol. The predicted molar refractivity (Wildman–Crippen MR) is 99.0 cm³/mol. The van der Waals surface area contributed by atoms with Gasteiger partial charge in [-0.2, -0.15) is 0 Å². The first-order chi connectivity index (χ1) is 13.0. The van der Waals surface area contributed by atoms with Crippen molar-refractivity contribution in [3.63, 3.8) is 0 Å². The van der Waals surface area contributed by atoms with Crippen molar-refractivity contribution >= 4 is 23.2 Å². The number of likely N-dealkylation sites (tertiary alicyclic amines) is 1. The van der Waals surface area contributed by atoms with E-state index in [4.69, 9.17) is 9.47 Å². The Morgan fingerprint density at radius 2 is 2.15 bits per heavy atom. The van der Waals surface area contributed by atoms with Crippen LogP contribution in [0.25, 0.3) is 10.6 Å². The number of methoxy groups -OCH3 is 1. The fraction of sp³-hybridized carbons (Fsp3) is 0.421. The summed E-state index contributed by atoms with van der Waals surface area (Å²) in [5.74, 6) is -0.411. The van der Waals surface area contributed by atoms with E-state index in [-0.39, 0.29) is 18.4 Å². The van der Waals surface area contributed by atoms with Gasteiger partial charge in [-0.1, -0.05) is 0 Å². The third kappa shape index (κ3) is 3.08. The first-order valence-electron chi connectivity index (χ1n) is 8.74. The zero-order valence-electron chi connectivity index (χ0n) is 14.9.